The first-order valence-corrected chi connectivity index (χ1v) is 8.79. The van der Waals surface area contributed by atoms with Crippen LogP contribution in [0.4, 0.5) is 5.69 Å². The minimum Gasteiger partial charge on any atom is -0.285 e. The number of hydrazine groups is 1. The first kappa shape index (κ1) is 14.6. The number of aryl methyl sites for hydroxylation is 1. The number of carbonyl (C=O) groups excluding carboxylic acids is 1. The molecule has 0 saturated heterocycles. The number of amides is 1. The maximum absolute atomic E-state index is 12.9. The lowest BCUT2D eigenvalue weighted by Gasteiger charge is -2.36. The van der Waals surface area contributed by atoms with E-state index in [0.29, 0.717) is 17.9 Å². The zero-order chi connectivity index (χ0) is 16.1. The van der Waals surface area contributed by atoms with Crippen LogP contribution in [-0.4, -0.2) is 39.1 Å². The highest BCUT2D eigenvalue weighted by molar-refractivity contribution is 9.10. The lowest BCUT2D eigenvalue weighted by molar-refractivity contribution is 0.0733. The van der Waals surface area contributed by atoms with Crippen molar-refractivity contribution in [3.05, 3.63) is 44.4 Å². The second-order valence-corrected chi connectivity index (χ2v) is 7.73. The molecule has 0 bridgehead atoms. The third-order valence-electron chi connectivity index (χ3n) is 3.91. The molecule has 4 heterocycles. The molecule has 1 aliphatic heterocycles. The van der Waals surface area contributed by atoms with Gasteiger partial charge in [0, 0.05) is 48.2 Å². The first-order valence-electron chi connectivity index (χ1n) is 7.18. The average Bonchev–Trinajstić information content (AvgIpc) is 3.09. The Kier molecular flexibility index (Phi) is 3.38. The molecule has 0 aromatic carbocycles. The van der Waals surface area contributed by atoms with Gasteiger partial charge in [-0.3, -0.25) is 9.80 Å². The summed E-state index contributed by atoms with van der Waals surface area (Å²) >= 11 is 5.15. The summed E-state index contributed by atoms with van der Waals surface area (Å²) in [5.74, 6) is -0.108. The van der Waals surface area contributed by atoms with E-state index in [0.717, 1.165) is 16.6 Å². The lowest BCUT2D eigenvalue weighted by atomic mass is 10.2. The molecule has 0 unspecified atom stereocenters. The molecule has 3 aromatic heterocycles. The van der Waals surface area contributed by atoms with Crippen LogP contribution in [0.2, 0.25) is 0 Å². The standard InChI is InChI=1S/C15H14BrN5OS/c1-9-5-12-13(23-9)3-4-21(19(12)2)15(22)11-6-14-17-7-10(16)8-20(14)18-11/h5-8H,3-4H2,1-2H3. The fraction of sp³-hybridized carbons (Fsp3) is 0.267. The van der Waals surface area contributed by atoms with Crippen molar-refractivity contribution < 1.29 is 4.79 Å². The highest BCUT2D eigenvalue weighted by atomic mass is 79.9. The van der Waals surface area contributed by atoms with Crippen molar-refractivity contribution in [3.63, 3.8) is 0 Å². The summed E-state index contributed by atoms with van der Waals surface area (Å²) in [5, 5.41) is 8.02. The molecule has 0 radical (unpaired) electrons. The van der Waals surface area contributed by atoms with Crippen LogP contribution in [0.15, 0.2) is 29.0 Å². The Bertz CT molecular complexity index is 918. The van der Waals surface area contributed by atoms with Crippen molar-refractivity contribution in [2.75, 3.05) is 18.6 Å². The highest BCUT2D eigenvalue weighted by Crippen LogP contribution is 2.34. The molecular weight excluding hydrogens is 378 g/mol. The third kappa shape index (κ3) is 2.42. The van der Waals surface area contributed by atoms with Crippen LogP contribution in [0.25, 0.3) is 5.65 Å². The van der Waals surface area contributed by atoms with Crippen molar-refractivity contribution in [1.82, 2.24) is 19.6 Å². The van der Waals surface area contributed by atoms with Gasteiger partial charge in [-0.1, -0.05) is 0 Å². The summed E-state index contributed by atoms with van der Waals surface area (Å²) in [6.07, 6.45) is 4.36. The quantitative estimate of drug-likeness (QED) is 0.639. The Labute approximate surface area is 145 Å². The number of halogens is 1. The van der Waals surface area contributed by atoms with E-state index in [4.69, 9.17) is 0 Å². The van der Waals surface area contributed by atoms with E-state index in [1.54, 1.807) is 39.3 Å². The van der Waals surface area contributed by atoms with Gasteiger partial charge in [-0.05, 0) is 28.9 Å². The zero-order valence-electron chi connectivity index (χ0n) is 12.7. The van der Waals surface area contributed by atoms with Gasteiger partial charge in [0.2, 0.25) is 0 Å². The van der Waals surface area contributed by atoms with Crippen LogP contribution in [0.5, 0.6) is 0 Å². The van der Waals surface area contributed by atoms with Gasteiger partial charge in [0.1, 0.15) is 0 Å². The molecular formula is C15H14BrN5OS. The van der Waals surface area contributed by atoms with Crippen LogP contribution >= 0.6 is 27.3 Å². The van der Waals surface area contributed by atoms with E-state index in [2.05, 4.69) is 39.0 Å². The summed E-state index contributed by atoms with van der Waals surface area (Å²) in [5.41, 5.74) is 2.16. The van der Waals surface area contributed by atoms with Gasteiger partial charge in [0.05, 0.1) is 10.2 Å². The van der Waals surface area contributed by atoms with E-state index < -0.39 is 0 Å². The minimum absolute atomic E-state index is 0.108. The van der Waals surface area contributed by atoms with Gasteiger partial charge in [0.25, 0.3) is 5.91 Å². The molecule has 0 fully saturated rings. The topological polar surface area (TPSA) is 53.7 Å². The fourth-order valence-electron chi connectivity index (χ4n) is 2.82. The van der Waals surface area contributed by atoms with Gasteiger partial charge >= 0.3 is 0 Å². The molecule has 0 atom stereocenters. The Morgan fingerprint density at radius 2 is 2.22 bits per heavy atom. The molecule has 118 valence electrons. The van der Waals surface area contributed by atoms with Crippen LogP contribution in [0.3, 0.4) is 0 Å². The molecule has 1 amide bonds. The van der Waals surface area contributed by atoms with Crippen molar-refractivity contribution in [1.29, 1.82) is 0 Å². The van der Waals surface area contributed by atoms with E-state index in [-0.39, 0.29) is 5.91 Å². The Morgan fingerprint density at radius 3 is 3.04 bits per heavy atom. The van der Waals surface area contributed by atoms with Crippen LogP contribution in [0, 0.1) is 6.92 Å². The first-order chi connectivity index (χ1) is 11.0. The Morgan fingerprint density at radius 1 is 1.39 bits per heavy atom. The highest BCUT2D eigenvalue weighted by Gasteiger charge is 2.29. The molecule has 0 aliphatic carbocycles. The number of hydrogen-bond donors (Lipinski definition) is 0. The predicted molar refractivity (Wildman–Crippen MR) is 92.9 cm³/mol. The second-order valence-electron chi connectivity index (χ2n) is 5.47. The summed E-state index contributed by atoms with van der Waals surface area (Å²) in [6, 6.07) is 3.85. The molecule has 0 spiro atoms. The van der Waals surface area contributed by atoms with E-state index in [1.165, 1.54) is 9.75 Å². The molecule has 8 heteroatoms. The van der Waals surface area contributed by atoms with Crippen molar-refractivity contribution in [2.24, 2.45) is 0 Å². The van der Waals surface area contributed by atoms with Crippen LogP contribution in [0.1, 0.15) is 20.2 Å². The average molecular weight is 392 g/mol. The molecule has 3 aromatic rings. The number of nitrogens with zero attached hydrogens (tertiary/aromatic N) is 5. The summed E-state index contributed by atoms with van der Waals surface area (Å²) < 4.78 is 2.43. The van der Waals surface area contributed by atoms with Crippen molar-refractivity contribution in [2.45, 2.75) is 13.3 Å². The van der Waals surface area contributed by atoms with Gasteiger partial charge < -0.3 is 0 Å². The number of fused-ring (bicyclic) bond motifs is 2. The van der Waals surface area contributed by atoms with Crippen molar-refractivity contribution >= 4 is 44.5 Å². The zero-order valence-corrected chi connectivity index (χ0v) is 15.1. The number of carbonyl (C=O) groups is 1. The lowest BCUT2D eigenvalue weighted by Crippen LogP contribution is -2.48. The predicted octanol–water partition coefficient (Wildman–Crippen LogP) is 2.91. The summed E-state index contributed by atoms with van der Waals surface area (Å²) in [4.78, 5) is 19.7. The molecule has 4 rings (SSSR count). The van der Waals surface area contributed by atoms with E-state index in [1.807, 2.05) is 12.1 Å². The number of rotatable bonds is 1. The summed E-state index contributed by atoms with van der Waals surface area (Å²) in [7, 11) is 1.92. The Hall–Kier alpha value is -1.93. The number of hydrogen-bond acceptors (Lipinski definition) is 5. The second kappa shape index (κ2) is 5.31. The van der Waals surface area contributed by atoms with Gasteiger partial charge in [-0.2, -0.15) is 5.10 Å². The molecule has 23 heavy (non-hydrogen) atoms. The largest absolute Gasteiger partial charge is 0.292 e. The van der Waals surface area contributed by atoms with E-state index in [9.17, 15) is 4.79 Å². The van der Waals surface area contributed by atoms with E-state index >= 15 is 0 Å². The van der Waals surface area contributed by atoms with Crippen LogP contribution in [-0.2, 0) is 6.42 Å². The number of aromatic nitrogens is 3. The normalized spacial score (nSPS) is 14.4. The molecule has 0 saturated carbocycles. The fourth-order valence-corrected chi connectivity index (χ4v) is 4.16. The molecule has 0 N–H and O–H groups in total. The SMILES string of the molecule is Cc1cc2c(s1)CCN(C(=O)c1cc3ncc(Br)cn3n1)N2C. The summed E-state index contributed by atoms with van der Waals surface area (Å²) in [6.45, 7) is 2.75. The molecule has 6 nitrogen and oxygen atoms in total. The third-order valence-corrected chi connectivity index (χ3v) is 5.42. The number of thiophene rings is 1. The van der Waals surface area contributed by atoms with Gasteiger partial charge in [-0.15, -0.1) is 11.3 Å². The molecule has 1 aliphatic rings. The minimum atomic E-state index is -0.108. The van der Waals surface area contributed by atoms with Gasteiger partial charge in [0.15, 0.2) is 11.3 Å². The van der Waals surface area contributed by atoms with Crippen molar-refractivity contribution in [3.8, 4) is 0 Å². The van der Waals surface area contributed by atoms with Crippen LogP contribution < -0.4 is 5.01 Å². The number of anilines is 1. The maximum atomic E-state index is 12.9. The smallest absolute Gasteiger partial charge is 0.285 e. The monoisotopic (exact) mass is 391 g/mol. The van der Waals surface area contributed by atoms with Gasteiger partial charge in [-0.25, -0.2) is 14.5 Å². The maximum Gasteiger partial charge on any atom is 0.292 e. The Balaban J connectivity index is 1.68.